The topological polar surface area (TPSA) is 62.3 Å². The maximum absolute atomic E-state index is 12.6. The van der Waals surface area contributed by atoms with E-state index >= 15 is 0 Å². The van der Waals surface area contributed by atoms with Crippen molar-refractivity contribution in [2.45, 2.75) is 25.3 Å². The van der Waals surface area contributed by atoms with Gasteiger partial charge in [-0.15, -0.1) is 11.3 Å². The Labute approximate surface area is 145 Å². The van der Waals surface area contributed by atoms with Gasteiger partial charge in [-0.2, -0.15) is 0 Å². The third kappa shape index (κ3) is 3.54. The van der Waals surface area contributed by atoms with Gasteiger partial charge >= 0.3 is 0 Å². The summed E-state index contributed by atoms with van der Waals surface area (Å²) in [5.74, 6) is -0.350. The van der Waals surface area contributed by atoms with Gasteiger partial charge < -0.3 is 10.2 Å². The summed E-state index contributed by atoms with van der Waals surface area (Å²) in [5, 5.41) is 4.91. The van der Waals surface area contributed by atoms with Gasteiger partial charge in [-0.1, -0.05) is 12.6 Å². The minimum Gasteiger partial charge on any atom is -0.327 e. The first-order chi connectivity index (χ1) is 11.7. The van der Waals surface area contributed by atoms with Crippen LogP contribution in [0, 0.1) is 0 Å². The summed E-state index contributed by atoms with van der Waals surface area (Å²) >= 11 is 1.60. The van der Waals surface area contributed by atoms with Crippen LogP contribution in [0.2, 0.25) is 0 Å². The molecular weight excluding hydrogens is 322 g/mol. The highest BCUT2D eigenvalue weighted by Gasteiger charge is 2.31. The highest BCUT2D eigenvalue weighted by atomic mass is 32.1. The summed E-state index contributed by atoms with van der Waals surface area (Å²) in [4.78, 5) is 31.6. The fourth-order valence-electron chi connectivity index (χ4n) is 2.88. The van der Waals surface area contributed by atoms with Gasteiger partial charge in [0.25, 0.3) is 0 Å². The van der Waals surface area contributed by atoms with Crippen LogP contribution in [0.25, 0.3) is 10.6 Å². The molecule has 2 amide bonds. The fraction of sp³-hybridized carbons (Fsp3) is 0.278. The summed E-state index contributed by atoms with van der Waals surface area (Å²) < 4.78 is 0. The summed E-state index contributed by atoms with van der Waals surface area (Å²) in [6.07, 6.45) is 5.48. The van der Waals surface area contributed by atoms with Crippen LogP contribution in [0.1, 0.15) is 19.3 Å². The molecule has 1 N–H and O–H groups in total. The number of thiophene rings is 1. The average molecular weight is 341 g/mol. The van der Waals surface area contributed by atoms with E-state index in [0.717, 1.165) is 23.4 Å². The van der Waals surface area contributed by atoms with E-state index in [2.05, 4.69) is 16.9 Å². The van der Waals surface area contributed by atoms with E-state index in [1.165, 1.54) is 6.08 Å². The van der Waals surface area contributed by atoms with Crippen molar-refractivity contribution in [1.82, 2.24) is 9.88 Å². The van der Waals surface area contributed by atoms with Crippen molar-refractivity contribution in [3.05, 3.63) is 48.5 Å². The number of hydrogen-bond acceptors (Lipinski definition) is 4. The van der Waals surface area contributed by atoms with E-state index < -0.39 is 6.04 Å². The molecule has 0 spiro atoms. The third-order valence-electron chi connectivity index (χ3n) is 4.06. The number of carbonyl (C=O) groups is 2. The van der Waals surface area contributed by atoms with Crippen LogP contribution < -0.4 is 5.32 Å². The largest absolute Gasteiger partial charge is 0.327 e. The maximum atomic E-state index is 12.6. The van der Waals surface area contributed by atoms with Crippen LogP contribution in [0.5, 0.6) is 0 Å². The fourth-order valence-corrected chi connectivity index (χ4v) is 3.57. The number of aromatic nitrogens is 1. The number of nitrogens with zero attached hydrogens (tertiary/aromatic N) is 2. The van der Waals surface area contributed by atoms with Crippen LogP contribution in [0.3, 0.4) is 0 Å². The molecular formula is C18H19N3O2S. The van der Waals surface area contributed by atoms with Gasteiger partial charge in [0.2, 0.25) is 11.8 Å². The summed E-state index contributed by atoms with van der Waals surface area (Å²) in [6, 6.07) is 7.13. The third-order valence-corrected chi connectivity index (χ3v) is 4.96. The molecule has 1 aliphatic heterocycles. The lowest BCUT2D eigenvalue weighted by Gasteiger charge is -2.33. The second kappa shape index (κ2) is 7.40. The number of rotatable bonds is 4. The standard InChI is InChI=1S/C18H19N3O2S/c1-2-17(22)21-10-4-3-6-15(21)18(23)20-13-8-9-19-14(12-13)16-7-5-11-24-16/h2,5,7-9,11-12,15H,1,3-4,6,10H2,(H,19,20,23). The normalized spacial score (nSPS) is 17.3. The highest BCUT2D eigenvalue weighted by Crippen LogP contribution is 2.25. The van der Waals surface area contributed by atoms with Gasteiger partial charge in [0.05, 0.1) is 10.6 Å². The lowest BCUT2D eigenvalue weighted by molar-refractivity contribution is -0.136. The van der Waals surface area contributed by atoms with E-state index in [9.17, 15) is 9.59 Å². The lowest BCUT2D eigenvalue weighted by atomic mass is 10.0. The number of nitrogens with one attached hydrogen (secondary N) is 1. The number of anilines is 1. The van der Waals surface area contributed by atoms with E-state index in [0.29, 0.717) is 18.7 Å². The van der Waals surface area contributed by atoms with Crippen molar-refractivity contribution in [3.8, 4) is 10.6 Å². The first-order valence-electron chi connectivity index (χ1n) is 7.93. The molecule has 0 aliphatic carbocycles. The molecule has 2 aromatic rings. The van der Waals surface area contributed by atoms with Gasteiger partial charge in [-0.05, 0) is 48.9 Å². The Hall–Kier alpha value is -2.47. The minimum absolute atomic E-state index is 0.159. The van der Waals surface area contributed by atoms with Gasteiger partial charge in [-0.3, -0.25) is 14.6 Å². The molecule has 0 aromatic carbocycles. The number of pyridine rings is 1. The van der Waals surface area contributed by atoms with E-state index in [-0.39, 0.29) is 11.8 Å². The van der Waals surface area contributed by atoms with Crippen LogP contribution >= 0.6 is 11.3 Å². The first kappa shape index (κ1) is 16.4. The number of carbonyl (C=O) groups excluding carboxylic acids is 2. The average Bonchev–Trinajstić information content (AvgIpc) is 3.16. The molecule has 0 bridgehead atoms. The number of amides is 2. The van der Waals surface area contributed by atoms with Crippen molar-refractivity contribution in [2.24, 2.45) is 0 Å². The van der Waals surface area contributed by atoms with Crippen molar-refractivity contribution < 1.29 is 9.59 Å². The molecule has 6 heteroatoms. The quantitative estimate of drug-likeness (QED) is 0.868. The van der Waals surface area contributed by atoms with Crippen molar-refractivity contribution in [2.75, 3.05) is 11.9 Å². The molecule has 1 saturated heterocycles. The molecule has 1 unspecified atom stereocenters. The summed E-state index contributed by atoms with van der Waals surface area (Å²) in [6.45, 7) is 4.12. The van der Waals surface area contributed by atoms with E-state index in [1.807, 2.05) is 23.6 Å². The van der Waals surface area contributed by atoms with Crippen molar-refractivity contribution in [3.63, 3.8) is 0 Å². The molecule has 5 nitrogen and oxygen atoms in total. The Morgan fingerprint density at radius 1 is 1.38 bits per heavy atom. The van der Waals surface area contributed by atoms with Crippen molar-refractivity contribution in [1.29, 1.82) is 0 Å². The highest BCUT2D eigenvalue weighted by molar-refractivity contribution is 7.13. The second-order valence-corrected chi connectivity index (χ2v) is 6.59. The molecule has 1 fully saturated rings. The van der Waals surface area contributed by atoms with Crippen LogP contribution in [0.15, 0.2) is 48.5 Å². The SMILES string of the molecule is C=CC(=O)N1CCCCC1C(=O)Nc1ccnc(-c2cccs2)c1. The lowest BCUT2D eigenvalue weighted by Crippen LogP contribution is -2.49. The molecule has 3 rings (SSSR count). The van der Waals surface area contributed by atoms with E-state index in [1.54, 1.807) is 28.5 Å². The molecule has 2 aromatic heterocycles. The zero-order valence-corrected chi connectivity index (χ0v) is 14.1. The first-order valence-corrected chi connectivity index (χ1v) is 8.81. The number of likely N-dealkylation sites (tertiary alicyclic amines) is 1. The van der Waals surface area contributed by atoms with Gasteiger partial charge in [0.1, 0.15) is 6.04 Å². The number of hydrogen-bond donors (Lipinski definition) is 1. The van der Waals surface area contributed by atoms with Crippen LogP contribution in [-0.2, 0) is 9.59 Å². The molecule has 1 atom stereocenters. The Kier molecular flexibility index (Phi) is 5.05. The van der Waals surface area contributed by atoms with Crippen molar-refractivity contribution >= 4 is 28.8 Å². The zero-order chi connectivity index (χ0) is 16.9. The molecule has 1 aliphatic rings. The molecule has 24 heavy (non-hydrogen) atoms. The van der Waals surface area contributed by atoms with Gasteiger partial charge in [-0.25, -0.2) is 0 Å². The number of piperidine rings is 1. The molecule has 124 valence electrons. The Bertz CT molecular complexity index is 742. The van der Waals surface area contributed by atoms with Gasteiger partial charge in [0, 0.05) is 18.4 Å². The molecule has 0 radical (unpaired) electrons. The van der Waals surface area contributed by atoms with E-state index in [4.69, 9.17) is 0 Å². The molecule has 0 saturated carbocycles. The summed E-state index contributed by atoms with van der Waals surface area (Å²) in [7, 11) is 0. The molecule has 3 heterocycles. The predicted molar refractivity (Wildman–Crippen MR) is 95.7 cm³/mol. The second-order valence-electron chi connectivity index (χ2n) is 5.64. The predicted octanol–water partition coefficient (Wildman–Crippen LogP) is 3.32. The smallest absolute Gasteiger partial charge is 0.247 e. The van der Waals surface area contributed by atoms with Crippen LogP contribution in [-0.4, -0.2) is 34.3 Å². The Morgan fingerprint density at radius 3 is 3.00 bits per heavy atom. The summed E-state index contributed by atoms with van der Waals surface area (Å²) in [5.41, 5.74) is 1.51. The zero-order valence-electron chi connectivity index (χ0n) is 13.3. The Morgan fingerprint density at radius 2 is 2.25 bits per heavy atom. The van der Waals surface area contributed by atoms with Gasteiger partial charge in [0.15, 0.2) is 0 Å². The minimum atomic E-state index is -0.442. The van der Waals surface area contributed by atoms with Crippen LogP contribution in [0.4, 0.5) is 5.69 Å². The Balaban J connectivity index is 1.75. The monoisotopic (exact) mass is 341 g/mol. The maximum Gasteiger partial charge on any atom is 0.247 e.